The zero-order valence-corrected chi connectivity index (χ0v) is 19.7. The number of benzene rings is 3. The molecule has 1 unspecified atom stereocenters. The first kappa shape index (κ1) is 21.7. The van der Waals surface area contributed by atoms with Crippen LogP contribution in [0.2, 0.25) is 10.0 Å². The van der Waals surface area contributed by atoms with Gasteiger partial charge in [-0.3, -0.25) is 4.79 Å². The molecule has 1 aliphatic heterocycles. The molecule has 0 bridgehead atoms. The SMILES string of the molecule is COc1ccc(C(=O)N2CCc3c([nH]c4ccccc34)C2c2ccc(Cl)c(Cl)c2)cc1OC. The summed E-state index contributed by atoms with van der Waals surface area (Å²) in [5.74, 6) is 0.987. The molecule has 0 spiro atoms. The number of carbonyl (C=O) groups is 1. The van der Waals surface area contributed by atoms with Crippen molar-refractivity contribution in [2.45, 2.75) is 12.5 Å². The lowest BCUT2D eigenvalue weighted by Crippen LogP contribution is -2.40. The Kier molecular flexibility index (Phi) is 5.69. The highest BCUT2D eigenvalue weighted by molar-refractivity contribution is 6.42. The van der Waals surface area contributed by atoms with E-state index in [1.165, 1.54) is 10.9 Å². The molecule has 0 saturated carbocycles. The molecule has 4 aromatic rings. The van der Waals surface area contributed by atoms with Crippen LogP contribution in [0.1, 0.15) is 33.2 Å². The van der Waals surface area contributed by atoms with Gasteiger partial charge < -0.3 is 19.4 Å². The van der Waals surface area contributed by atoms with Crippen LogP contribution in [0.3, 0.4) is 0 Å². The Morgan fingerprint density at radius 3 is 2.52 bits per heavy atom. The predicted octanol–water partition coefficient (Wildman–Crippen LogP) is 6.28. The van der Waals surface area contributed by atoms with Crippen LogP contribution in [0.5, 0.6) is 11.5 Å². The van der Waals surface area contributed by atoms with Gasteiger partial charge in [0.1, 0.15) is 0 Å². The number of ether oxygens (including phenoxy) is 2. The number of aromatic nitrogens is 1. The van der Waals surface area contributed by atoms with Gasteiger partial charge in [0.25, 0.3) is 5.91 Å². The topological polar surface area (TPSA) is 54.6 Å². The molecule has 3 aromatic carbocycles. The molecule has 0 radical (unpaired) electrons. The standard InChI is InChI=1S/C26H22Cl2N2O3/c1-32-22-10-8-16(14-23(22)33-2)26(31)30-12-11-18-17-5-3-4-6-21(17)29-24(18)25(30)15-7-9-19(27)20(28)13-15/h3-10,13-14,25,29H,11-12H2,1-2H3. The van der Waals surface area contributed by atoms with Crippen molar-refractivity contribution in [2.24, 2.45) is 0 Å². The Morgan fingerprint density at radius 2 is 1.76 bits per heavy atom. The van der Waals surface area contributed by atoms with E-state index in [1.807, 2.05) is 29.2 Å². The second kappa shape index (κ2) is 8.65. The number of nitrogens with zero attached hydrogens (tertiary/aromatic N) is 1. The highest BCUT2D eigenvalue weighted by Gasteiger charge is 2.35. The molecule has 1 atom stereocenters. The van der Waals surface area contributed by atoms with Crippen molar-refractivity contribution in [1.29, 1.82) is 0 Å². The highest BCUT2D eigenvalue weighted by Crippen LogP contribution is 2.41. The Bertz CT molecular complexity index is 1370. The molecule has 0 saturated heterocycles. The molecule has 1 N–H and O–H groups in total. The Balaban J connectivity index is 1.64. The average Bonchev–Trinajstić information content (AvgIpc) is 3.23. The van der Waals surface area contributed by atoms with Crippen LogP contribution >= 0.6 is 23.2 Å². The summed E-state index contributed by atoms with van der Waals surface area (Å²) in [4.78, 5) is 19.2. The Labute approximate surface area is 201 Å². The van der Waals surface area contributed by atoms with Crippen molar-refractivity contribution in [3.8, 4) is 11.5 Å². The number of nitrogens with one attached hydrogen (secondary N) is 1. The largest absolute Gasteiger partial charge is 0.493 e. The number of hydrogen-bond donors (Lipinski definition) is 1. The van der Waals surface area contributed by atoms with Gasteiger partial charge in [0.2, 0.25) is 0 Å². The molecule has 168 valence electrons. The number of carbonyl (C=O) groups excluding carboxylic acids is 1. The second-order valence-electron chi connectivity index (χ2n) is 7.96. The summed E-state index contributed by atoms with van der Waals surface area (Å²) in [6.45, 7) is 0.562. The number of H-pyrrole nitrogens is 1. The van der Waals surface area contributed by atoms with Gasteiger partial charge in [0.15, 0.2) is 11.5 Å². The van der Waals surface area contributed by atoms with Crippen molar-refractivity contribution in [3.63, 3.8) is 0 Å². The summed E-state index contributed by atoms with van der Waals surface area (Å²) in [7, 11) is 3.13. The Morgan fingerprint density at radius 1 is 0.970 bits per heavy atom. The zero-order chi connectivity index (χ0) is 23.1. The van der Waals surface area contributed by atoms with E-state index in [0.717, 1.165) is 23.2 Å². The van der Waals surface area contributed by atoms with Gasteiger partial charge in [-0.1, -0.05) is 47.5 Å². The normalized spacial score (nSPS) is 15.4. The van der Waals surface area contributed by atoms with Crippen LogP contribution in [0.15, 0.2) is 60.7 Å². The maximum Gasteiger partial charge on any atom is 0.254 e. The number of aromatic amines is 1. The first-order valence-electron chi connectivity index (χ1n) is 10.6. The minimum atomic E-state index is -0.337. The van der Waals surface area contributed by atoms with Gasteiger partial charge in [-0.15, -0.1) is 0 Å². The number of hydrogen-bond acceptors (Lipinski definition) is 3. The van der Waals surface area contributed by atoms with Crippen LogP contribution in [0.4, 0.5) is 0 Å². The first-order valence-corrected chi connectivity index (χ1v) is 11.3. The third-order valence-electron chi connectivity index (χ3n) is 6.19. The van der Waals surface area contributed by atoms with Crippen molar-refractivity contribution >= 4 is 40.0 Å². The van der Waals surface area contributed by atoms with E-state index >= 15 is 0 Å². The van der Waals surface area contributed by atoms with Crippen LogP contribution in [0.25, 0.3) is 10.9 Å². The molecule has 7 heteroatoms. The van der Waals surface area contributed by atoms with Crippen molar-refractivity contribution in [1.82, 2.24) is 9.88 Å². The fraction of sp³-hybridized carbons (Fsp3) is 0.192. The fourth-order valence-corrected chi connectivity index (χ4v) is 4.93. The summed E-state index contributed by atoms with van der Waals surface area (Å²) in [5.41, 5.74) is 4.68. The predicted molar refractivity (Wildman–Crippen MR) is 131 cm³/mol. The van der Waals surface area contributed by atoms with Gasteiger partial charge in [0.05, 0.1) is 30.3 Å². The number of amides is 1. The number of rotatable bonds is 4. The van der Waals surface area contributed by atoms with Crippen LogP contribution < -0.4 is 9.47 Å². The van der Waals surface area contributed by atoms with E-state index in [-0.39, 0.29) is 11.9 Å². The lowest BCUT2D eigenvalue weighted by atomic mass is 9.91. The highest BCUT2D eigenvalue weighted by atomic mass is 35.5. The third-order valence-corrected chi connectivity index (χ3v) is 6.92. The van der Waals surface area contributed by atoms with Crippen LogP contribution in [0, 0.1) is 0 Å². The molecule has 5 nitrogen and oxygen atoms in total. The lowest BCUT2D eigenvalue weighted by Gasteiger charge is -2.36. The minimum absolute atomic E-state index is 0.101. The molecule has 5 rings (SSSR count). The molecule has 2 heterocycles. The van der Waals surface area contributed by atoms with E-state index in [2.05, 4.69) is 17.1 Å². The van der Waals surface area contributed by atoms with E-state index in [0.29, 0.717) is 33.7 Å². The summed E-state index contributed by atoms with van der Waals surface area (Å²) in [6, 6.07) is 18.6. The second-order valence-corrected chi connectivity index (χ2v) is 8.77. The van der Waals surface area contributed by atoms with Crippen LogP contribution in [-0.4, -0.2) is 36.6 Å². The Hall–Kier alpha value is -3.15. The van der Waals surface area contributed by atoms with Gasteiger partial charge in [-0.2, -0.15) is 0 Å². The molecule has 1 aliphatic rings. The zero-order valence-electron chi connectivity index (χ0n) is 18.2. The third kappa shape index (κ3) is 3.71. The molecular formula is C26H22Cl2N2O3. The minimum Gasteiger partial charge on any atom is -0.493 e. The van der Waals surface area contributed by atoms with E-state index < -0.39 is 0 Å². The molecule has 1 amide bonds. The van der Waals surface area contributed by atoms with Crippen LogP contribution in [-0.2, 0) is 6.42 Å². The number of para-hydroxylation sites is 1. The average molecular weight is 481 g/mol. The smallest absolute Gasteiger partial charge is 0.254 e. The summed E-state index contributed by atoms with van der Waals surface area (Å²) in [6.07, 6.45) is 0.746. The maximum atomic E-state index is 13.8. The molecule has 33 heavy (non-hydrogen) atoms. The number of methoxy groups -OCH3 is 2. The van der Waals surface area contributed by atoms with Crippen molar-refractivity contribution in [3.05, 3.63) is 93.1 Å². The van der Waals surface area contributed by atoms with E-state index in [4.69, 9.17) is 32.7 Å². The fourth-order valence-electron chi connectivity index (χ4n) is 4.62. The van der Waals surface area contributed by atoms with E-state index in [9.17, 15) is 4.79 Å². The van der Waals surface area contributed by atoms with Gasteiger partial charge >= 0.3 is 0 Å². The monoisotopic (exact) mass is 480 g/mol. The molecule has 0 fully saturated rings. The van der Waals surface area contributed by atoms with E-state index in [1.54, 1.807) is 38.5 Å². The lowest BCUT2D eigenvalue weighted by molar-refractivity contribution is 0.0691. The van der Waals surface area contributed by atoms with Crippen molar-refractivity contribution < 1.29 is 14.3 Å². The number of halogens is 2. The summed E-state index contributed by atoms with van der Waals surface area (Å²) in [5, 5.41) is 2.11. The quantitative estimate of drug-likeness (QED) is 0.373. The van der Waals surface area contributed by atoms with Gasteiger partial charge in [-0.25, -0.2) is 0 Å². The summed E-state index contributed by atoms with van der Waals surface area (Å²) < 4.78 is 10.7. The maximum absolute atomic E-state index is 13.8. The van der Waals surface area contributed by atoms with Gasteiger partial charge in [-0.05, 0) is 53.9 Å². The molecule has 1 aromatic heterocycles. The summed E-state index contributed by atoms with van der Waals surface area (Å²) >= 11 is 12.6. The molecular weight excluding hydrogens is 459 g/mol. The van der Waals surface area contributed by atoms with Gasteiger partial charge in [0, 0.05) is 28.7 Å². The number of fused-ring (bicyclic) bond motifs is 3. The molecule has 0 aliphatic carbocycles. The first-order chi connectivity index (χ1) is 16.0. The van der Waals surface area contributed by atoms with Crippen molar-refractivity contribution in [2.75, 3.05) is 20.8 Å².